The number of fused-ring (bicyclic) bond motifs is 1. The fourth-order valence-corrected chi connectivity index (χ4v) is 2.67. The van der Waals surface area contributed by atoms with Crippen LogP contribution >= 0.6 is 23.2 Å². The number of aromatic hydroxyl groups is 1. The minimum Gasteiger partial charge on any atom is -0.497 e. The molecule has 0 radical (unpaired) electrons. The van der Waals surface area contributed by atoms with Crippen molar-refractivity contribution in [2.45, 2.75) is 0 Å². The van der Waals surface area contributed by atoms with Gasteiger partial charge in [0.05, 0.1) is 23.2 Å². The molecule has 0 bridgehead atoms. The van der Waals surface area contributed by atoms with E-state index in [1.165, 1.54) is 25.3 Å². The number of carbonyl (C=O) groups is 1. The number of azo groups is 1. The van der Waals surface area contributed by atoms with E-state index in [0.29, 0.717) is 21.7 Å². The number of aromatic nitrogens is 1. The van der Waals surface area contributed by atoms with Crippen LogP contribution in [-0.4, -0.2) is 23.1 Å². The molecule has 1 heterocycles. The maximum absolute atomic E-state index is 12.1. The number of aromatic amines is 1. The molecule has 0 saturated carbocycles. The lowest BCUT2D eigenvalue weighted by Crippen LogP contribution is -1.94. The third-order valence-electron chi connectivity index (χ3n) is 3.36. The molecular formula is C16H11Cl2N3O3. The van der Waals surface area contributed by atoms with Crippen molar-refractivity contribution in [3.63, 3.8) is 0 Å². The van der Waals surface area contributed by atoms with Crippen molar-refractivity contribution in [1.82, 2.24) is 4.98 Å². The average Bonchev–Trinajstić information content (AvgIpc) is 2.87. The molecule has 8 heteroatoms. The van der Waals surface area contributed by atoms with E-state index in [1.54, 1.807) is 18.2 Å². The zero-order valence-corrected chi connectivity index (χ0v) is 13.9. The van der Waals surface area contributed by atoms with Gasteiger partial charge in [-0.05, 0) is 36.4 Å². The average molecular weight is 364 g/mol. The molecule has 3 aromatic rings. The van der Waals surface area contributed by atoms with Crippen LogP contribution in [0.5, 0.6) is 11.6 Å². The van der Waals surface area contributed by atoms with Crippen LogP contribution in [0.15, 0.2) is 46.6 Å². The molecule has 24 heavy (non-hydrogen) atoms. The molecule has 3 rings (SSSR count). The van der Waals surface area contributed by atoms with Gasteiger partial charge in [0.25, 0.3) is 5.91 Å². The number of halogens is 2. The van der Waals surface area contributed by atoms with E-state index >= 15 is 0 Å². The molecule has 0 aliphatic rings. The summed E-state index contributed by atoms with van der Waals surface area (Å²) in [5, 5.41) is 18.6. The third kappa shape index (κ3) is 3.06. The van der Waals surface area contributed by atoms with Crippen molar-refractivity contribution in [3.8, 4) is 11.6 Å². The van der Waals surface area contributed by atoms with Crippen LogP contribution < -0.4 is 4.74 Å². The Kier molecular flexibility index (Phi) is 4.42. The normalized spacial score (nSPS) is 11.3. The van der Waals surface area contributed by atoms with Crippen LogP contribution in [0.25, 0.3) is 10.9 Å². The fraction of sp³-hybridized carbons (Fsp3) is 0.0625. The quantitative estimate of drug-likeness (QED) is 0.633. The molecule has 0 aliphatic carbocycles. The predicted molar refractivity (Wildman–Crippen MR) is 91.8 cm³/mol. The molecule has 0 aliphatic heterocycles. The molecule has 0 saturated heterocycles. The lowest BCUT2D eigenvalue weighted by molar-refractivity contribution is 0.0995. The third-order valence-corrected chi connectivity index (χ3v) is 3.91. The summed E-state index contributed by atoms with van der Waals surface area (Å²) in [5.74, 6) is -0.254. The molecular weight excluding hydrogens is 353 g/mol. The molecule has 122 valence electrons. The van der Waals surface area contributed by atoms with E-state index in [9.17, 15) is 9.90 Å². The van der Waals surface area contributed by atoms with Gasteiger partial charge in [-0.15, -0.1) is 10.2 Å². The minimum atomic E-state index is -0.645. The SMILES string of the molecule is COc1ccc2[nH]c(O)c(N=NC(=O)c3ccc(Cl)cc3Cl)c2c1. The highest BCUT2D eigenvalue weighted by Crippen LogP contribution is 2.37. The maximum atomic E-state index is 12.1. The van der Waals surface area contributed by atoms with Crippen molar-refractivity contribution in [2.75, 3.05) is 7.11 Å². The standard InChI is InChI=1S/C16H11Cl2N3O3/c1-24-9-3-5-13-11(7-9)14(16(23)19-13)20-21-15(22)10-4-2-8(17)6-12(10)18/h2-7,19,23H,1H3. The highest BCUT2D eigenvalue weighted by Gasteiger charge is 2.14. The highest BCUT2D eigenvalue weighted by molar-refractivity contribution is 6.36. The van der Waals surface area contributed by atoms with E-state index in [1.807, 2.05) is 0 Å². The van der Waals surface area contributed by atoms with E-state index in [-0.39, 0.29) is 22.2 Å². The smallest absolute Gasteiger partial charge is 0.296 e. The van der Waals surface area contributed by atoms with Gasteiger partial charge in [0.1, 0.15) is 5.75 Å². The molecule has 2 aromatic carbocycles. The summed E-state index contributed by atoms with van der Waals surface area (Å²) >= 11 is 11.8. The molecule has 6 nitrogen and oxygen atoms in total. The van der Waals surface area contributed by atoms with Crippen LogP contribution in [0.3, 0.4) is 0 Å². The van der Waals surface area contributed by atoms with Crippen LogP contribution in [0.4, 0.5) is 5.69 Å². The van der Waals surface area contributed by atoms with E-state index < -0.39 is 5.91 Å². The van der Waals surface area contributed by atoms with E-state index in [0.717, 1.165) is 0 Å². The molecule has 0 spiro atoms. The first-order valence-electron chi connectivity index (χ1n) is 6.79. The zero-order valence-electron chi connectivity index (χ0n) is 12.4. The number of benzene rings is 2. The Bertz CT molecular complexity index is 967. The molecule has 1 aromatic heterocycles. The molecule has 0 atom stereocenters. The Morgan fingerprint density at radius 2 is 2.00 bits per heavy atom. The number of amides is 1. The van der Waals surface area contributed by atoms with Crippen molar-refractivity contribution < 1.29 is 14.6 Å². The van der Waals surface area contributed by atoms with Crippen molar-refractivity contribution in [2.24, 2.45) is 10.2 Å². The number of rotatable bonds is 3. The van der Waals surface area contributed by atoms with Crippen molar-refractivity contribution >= 4 is 45.7 Å². The Morgan fingerprint density at radius 1 is 1.21 bits per heavy atom. The summed E-state index contributed by atoms with van der Waals surface area (Å²) in [6.45, 7) is 0. The number of hydrogen-bond acceptors (Lipinski definition) is 4. The van der Waals surface area contributed by atoms with Gasteiger partial charge >= 0.3 is 0 Å². The summed E-state index contributed by atoms with van der Waals surface area (Å²) in [6, 6.07) is 9.58. The van der Waals surface area contributed by atoms with Gasteiger partial charge in [-0.1, -0.05) is 23.2 Å². The summed E-state index contributed by atoms with van der Waals surface area (Å²) in [6.07, 6.45) is 0. The number of methoxy groups -OCH3 is 1. The van der Waals surface area contributed by atoms with Gasteiger partial charge in [0, 0.05) is 10.4 Å². The first kappa shape index (κ1) is 16.3. The lowest BCUT2D eigenvalue weighted by Gasteiger charge is -2.00. The molecule has 0 fully saturated rings. The van der Waals surface area contributed by atoms with Crippen molar-refractivity contribution in [3.05, 3.63) is 52.0 Å². The Labute approximate surface area is 146 Å². The number of nitrogens with one attached hydrogen (secondary N) is 1. The number of nitrogens with zero attached hydrogens (tertiary/aromatic N) is 2. The van der Waals surface area contributed by atoms with Crippen LogP contribution in [-0.2, 0) is 0 Å². The molecule has 2 N–H and O–H groups in total. The summed E-state index contributed by atoms with van der Waals surface area (Å²) in [5.41, 5.74) is 0.947. The number of H-pyrrole nitrogens is 1. The number of carbonyl (C=O) groups excluding carboxylic acids is 1. The molecule has 1 amide bonds. The highest BCUT2D eigenvalue weighted by atomic mass is 35.5. The maximum Gasteiger partial charge on any atom is 0.296 e. The van der Waals surface area contributed by atoms with Crippen LogP contribution in [0, 0.1) is 0 Å². The largest absolute Gasteiger partial charge is 0.497 e. The van der Waals surface area contributed by atoms with Crippen molar-refractivity contribution in [1.29, 1.82) is 0 Å². The van der Waals surface area contributed by atoms with Crippen LogP contribution in [0.1, 0.15) is 10.4 Å². The number of hydrogen-bond donors (Lipinski definition) is 2. The second-order valence-corrected chi connectivity index (χ2v) is 5.71. The Hall–Kier alpha value is -2.57. The van der Waals surface area contributed by atoms with E-state index in [2.05, 4.69) is 15.2 Å². The first-order valence-corrected chi connectivity index (χ1v) is 7.55. The minimum absolute atomic E-state index is 0.141. The van der Waals surface area contributed by atoms with E-state index in [4.69, 9.17) is 27.9 Å². The second kappa shape index (κ2) is 6.51. The van der Waals surface area contributed by atoms with Gasteiger partial charge in [-0.2, -0.15) is 0 Å². The second-order valence-electron chi connectivity index (χ2n) is 4.86. The van der Waals surface area contributed by atoms with Gasteiger partial charge in [-0.3, -0.25) is 4.79 Å². The summed E-state index contributed by atoms with van der Waals surface area (Å²) in [4.78, 5) is 14.9. The zero-order chi connectivity index (χ0) is 17.3. The van der Waals surface area contributed by atoms with Crippen LogP contribution in [0.2, 0.25) is 10.0 Å². The fourth-order valence-electron chi connectivity index (χ4n) is 2.18. The summed E-state index contributed by atoms with van der Waals surface area (Å²) < 4.78 is 5.14. The molecule has 0 unspecified atom stereocenters. The van der Waals surface area contributed by atoms with Gasteiger partial charge in [-0.25, -0.2) is 0 Å². The first-order chi connectivity index (χ1) is 11.5. The lowest BCUT2D eigenvalue weighted by atomic mass is 10.2. The van der Waals surface area contributed by atoms with Gasteiger partial charge in [0.15, 0.2) is 5.69 Å². The Morgan fingerprint density at radius 3 is 2.71 bits per heavy atom. The summed E-state index contributed by atoms with van der Waals surface area (Å²) in [7, 11) is 1.53. The number of ether oxygens (including phenoxy) is 1. The monoisotopic (exact) mass is 363 g/mol. The van der Waals surface area contributed by atoms with Gasteiger partial charge < -0.3 is 14.8 Å². The topological polar surface area (TPSA) is 87.0 Å². The predicted octanol–water partition coefficient (Wildman–Crippen LogP) is 5.11. The van der Waals surface area contributed by atoms with Gasteiger partial charge in [0.2, 0.25) is 5.88 Å². The Balaban J connectivity index is 1.98.